The first-order valence-corrected chi connectivity index (χ1v) is 4.90. The Balaban J connectivity index is 2.31. The highest BCUT2D eigenvalue weighted by atomic mass is 35.5. The average Bonchev–Trinajstić information content (AvgIpc) is 2.72. The smallest absolute Gasteiger partial charge is 0.244 e. The van der Waals surface area contributed by atoms with Crippen molar-refractivity contribution < 1.29 is 13.2 Å². The number of aromatic nitrogens is 4. The average molecular weight is 263 g/mol. The molecule has 0 aliphatic heterocycles. The molecule has 0 radical (unpaired) electrons. The van der Waals surface area contributed by atoms with Crippen molar-refractivity contribution in [3.8, 4) is 0 Å². The second kappa shape index (κ2) is 4.33. The summed E-state index contributed by atoms with van der Waals surface area (Å²) in [5, 5.41) is 7.02. The Labute approximate surface area is 99.0 Å². The van der Waals surface area contributed by atoms with E-state index >= 15 is 0 Å². The van der Waals surface area contributed by atoms with Crippen LogP contribution in [0.15, 0.2) is 24.7 Å². The quantitative estimate of drug-likeness (QED) is 0.781. The Morgan fingerprint density at radius 1 is 1.24 bits per heavy atom. The number of hydrogen-bond acceptors (Lipinski definition) is 3. The molecule has 0 atom stereocenters. The zero-order valence-corrected chi connectivity index (χ0v) is 9.07. The van der Waals surface area contributed by atoms with Gasteiger partial charge in [-0.15, -0.1) is 0 Å². The van der Waals surface area contributed by atoms with Gasteiger partial charge in [-0.05, 0) is 11.6 Å². The molecule has 4 nitrogen and oxygen atoms in total. The first kappa shape index (κ1) is 11.8. The van der Waals surface area contributed by atoms with E-state index in [1.54, 1.807) is 0 Å². The van der Waals surface area contributed by atoms with E-state index in [0.717, 1.165) is 6.07 Å². The van der Waals surface area contributed by atoms with Crippen LogP contribution in [0.5, 0.6) is 0 Å². The highest BCUT2D eigenvalue weighted by Gasteiger charge is 2.34. The minimum absolute atomic E-state index is 0.111. The monoisotopic (exact) mass is 262 g/mol. The lowest BCUT2D eigenvalue weighted by Crippen LogP contribution is -2.10. The topological polar surface area (TPSA) is 43.6 Å². The van der Waals surface area contributed by atoms with Crippen molar-refractivity contribution in [1.82, 2.24) is 20.0 Å². The summed E-state index contributed by atoms with van der Waals surface area (Å²) in [5.41, 5.74) is -0.623. The van der Waals surface area contributed by atoms with Crippen molar-refractivity contribution in [3.63, 3.8) is 0 Å². The predicted octanol–water partition coefficient (Wildman–Crippen LogP) is 2.39. The van der Waals surface area contributed by atoms with Crippen LogP contribution in [-0.4, -0.2) is 20.0 Å². The van der Waals surface area contributed by atoms with Gasteiger partial charge in [0.1, 0.15) is 5.15 Å². The molecular weight excluding hydrogens is 257 g/mol. The highest BCUT2D eigenvalue weighted by Crippen LogP contribution is 2.33. The third-order valence-electron chi connectivity index (χ3n) is 1.99. The molecule has 2 heterocycles. The van der Waals surface area contributed by atoms with E-state index in [2.05, 4.69) is 15.2 Å². The van der Waals surface area contributed by atoms with Crippen molar-refractivity contribution in [3.05, 3.63) is 40.9 Å². The molecule has 0 aliphatic rings. The fourth-order valence-corrected chi connectivity index (χ4v) is 1.48. The molecule has 0 saturated carbocycles. The predicted molar refractivity (Wildman–Crippen MR) is 53.4 cm³/mol. The van der Waals surface area contributed by atoms with E-state index in [9.17, 15) is 13.2 Å². The summed E-state index contributed by atoms with van der Waals surface area (Å²) in [4.78, 5) is 4.76. The summed E-state index contributed by atoms with van der Waals surface area (Å²) in [7, 11) is 0. The molecule has 0 aliphatic carbocycles. The fourth-order valence-electron chi connectivity index (χ4n) is 1.26. The number of hydrogen-bond donors (Lipinski definition) is 0. The minimum Gasteiger partial charge on any atom is -0.244 e. The molecule has 2 rings (SSSR count). The van der Waals surface area contributed by atoms with E-state index in [-0.39, 0.29) is 6.54 Å². The van der Waals surface area contributed by atoms with Crippen LogP contribution in [0.25, 0.3) is 0 Å². The molecule has 2 aromatic heterocycles. The number of halogens is 4. The number of alkyl halides is 3. The SMILES string of the molecule is FC(F)(F)c1cc(Cn2nccn2)cnc1Cl. The lowest BCUT2D eigenvalue weighted by Gasteiger charge is -2.09. The van der Waals surface area contributed by atoms with Crippen molar-refractivity contribution in [1.29, 1.82) is 0 Å². The van der Waals surface area contributed by atoms with Gasteiger partial charge in [-0.2, -0.15) is 28.2 Å². The molecule has 0 fully saturated rings. The Hall–Kier alpha value is -1.63. The molecule has 17 heavy (non-hydrogen) atoms. The molecular formula is C9H6ClF3N4. The van der Waals surface area contributed by atoms with Crippen molar-refractivity contribution >= 4 is 11.6 Å². The maximum Gasteiger partial charge on any atom is 0.419 e. The highest BCUT2D eigenvalue weighted by molar-refractivity contribution is 6.30. The van der Waals surface area contributed by atoms with Crippen LogP contribution in [-0.2, 0) is 12.7 Å². The summed E-state index contributed by atoms with van der Waals surface area (Å²) in [5.74, 6) is 0. The van der Waals surface area contributed by atoms with Crippen LogP contribution in [0.1, 0.15) is 11.1 Å². The number of nitrogens with zero attached hydrogens (tertiary/aromatic N) is 4. The van der Waals surface area contributed by atoms with E-state index in [1.165, 1.54) is 23.4 Å². The molecule has 90 valence electrons. The van der Waals surface area contributed by atoms with Gasteiger partial charge < -0.3 is 0 Å². The summed E-state index contributed by atoms with van der Waals surface area (Å²) in [6.45, 7) is 0.111. The molecule has 0 spiro atoms. The Morgan fingerprint density at radius 2 is 1.88 bits per heavy atom. The van der Waals surface area contributed by atoms with Gasteiger partial charge in [-0.1, -0.05) is 11.6 Å². The molecule has 0 N–H and O–H groups in total. The zero-order valence-electron chi connectivity index (χ0n) is 8.32. The van der Waals surface area contributed by atoms with E-state index < -0.39 is 16.9 Å². The van der Waals surface area contributed by atoms with Crippen LogP contribution in [0, 0.1) is 0 Å². The van der Waals surface area contributed by atoms with E-state index in [4.69, 9.17) is 11.6 Å². The summed E-state index contributed by atoms with van der Waals surface area (Å²) < 4.78 is 37.6. The van der Waals surface area contributed by atoms with Crippen LogP contribution in [0.4, 0.5) is 13.2 Å². The van der Waals surface area contributed by atoms with Gasteiger partial charge >= 0.3 is 6.18 Å². The summed E-state index contributed by atoms with van der Waals surface area (Å²) in [6, 6.07) is 0.943. The normalized spacial score (nSPS) is 11.8. The summed E-state index contributed by atoms with van der Waals surface area (Å²) >= 11 is 5.39. The van der Waals surface area contributed by atoms with Gasteiger partial charge in [-0.25, -0.2) is 4.98 Å². The molecule has 0 aromatic carbocycles. The fraction of sp³-hybridized carbons (Fsp3) is 0.222. The summed E-state index contributed by atoms with van der Waals surface area (Å²) in [6.07, 6.45) is -0.374. The van der Waals surface area contributed by atoms with Crippen LogP contribution in [0.2, 0.25) is 5.15 Å². The van der Waals surface area contributed by atoms with Crippen LogP contribution >= 0.6 is 11.6 Å². The van der Waals surface area contributed by atoms with Crippen LogP contribution in [0.3, 0.4) is 0 Å². The minimum atomic E-state index is -4.52. The third-order valence-corrected chi connectivity index (χ3v) is 2.29. The van der Waals surface area contributed by atoms with Crippen molar-refractivity contribution in [2.75, 3.05) is 0 Å². The first-order chi connectivity index (χ1) is 7.97. The maximum absolute atomic E-state index is 12.5. The van der Waals surface area contributed by atoms with Gasteiger partial charge in [0.25, 0.3) is 0 Å². The Kier molecular flexibility index (Phi) is 3.01. The molecule has 0 unspecified atom stereocenters. The largest absolute Gasteiger partial charge is 0.419 e. The lowest BCUT2D eigenvalue weighted by atomic mass is 10.2. The standard InChI is InChI=1S/C9H6ClF3N4/c10-8-7(9(11,12)13)3-6(4-14-8)5-17-15-1-2-16-17/h1-4H,5H2. The number of rotatable bonds is 2. The van der Waals surface area contributed by atoms with Gasteiger partial charge in [-0.3, -0.25) is 0 Å². The van der Waals surface area contributed by atoms with Gasteiger partial charge in [0.15, 0.2) is 0 Å². The van der Waals surface area contributed by atoms with Gasteiger partial charge in [0, 0.05) is 6.20 Å². The molecule has 0 saturated heterocycles. The second-order valence-corrected chi connectivity index (χ2v) is 3.60. The maximum atomic E-state index is 12.5. The van der Waals surface area contributed by atoms with Gasteiger partial charge in [0.2, 0.25) is 0 Å². The third kappa shape index (κ3) is 2.73. The second-order valence-electron chi connectivity index (χ2n) is 3.24. The number of pyridine rings is 1. The van der Waals surface area contributed by atoms with E-state index in [0.29, 0.717) is 5.56 Å². The van der Waals surface area contributed by atoms with Crippen LogP contribution < -0.4 is 0 Å². The van der Waals surface area contributed by atoms with Crippen molar-refractivity contribution in [2.24, 2.45) is 0 Å². The van der Waals surface area contributed by atoms with Gasteiger partial charge in [0.05, 0.1) is 24.5 Å². The molecule has 8 heteroatoms. The molecule has 0 amide bonds. The van der Waals surface area contributed by atoms with Crippen molar-refractivity contribution in [2.45, 2.75) is 12.7 Å². The zero-order chi connectivity index (χ0) is 12.5. The molecule has 0 bridgehead atoms. The lowest BCUT2D eigenvalue weighted by molar-refractivity contribution is -0.137. The Morgan fingerprint density at radius 3 is 2.47 bits per heavy atom. The van der Waals surface area contributed by atoms with E-state index in [1.807, 2.05) is 0 Å². The first-order valence-electron chi connectivity index (χ1n) is 4.52. The Bertz CT molecular complexity index is 509. The molecule has 2 aromatic rings.